The normalized spacial score (nSPS) is 16.9. The van der Waals surface area contributed by atoms with Crippen molar-refractivity contribution in [2.45, 2.75) is 44.9 Å². The minimum Gasteiger partial charge on any atom is -0.348 e. The molecule has 1 N–H and O–H groups in total. The van der Waals surface area contributed by atoms with E-state index in [0.29, 0.717) is 24.2 Å². The maximum Gasteiger partial charge on any atom is 0.433 e. The van der Waals surface area contributed by atoms with Crippen molar-refractivity contribution in [2.24, 2.45) is 0 Å². The number of hydrogen-bond acceptors (Lipinski definition) is 3. The third kappa shape index (κ3) is 3.27. The van der Waals surface area contributed by atoms with Gasteiger partial charge in [0.25, 0.3) is 0 Å². The molecule has 1 unspecified atom stereocenters. The number of nitrogens with zero attached hydrogens (tertiary/aromatic N) is 3. The lowest BCUT2D eigenvalue weighted by molar-refractivity contribution is -0.141. The van der Waals surface area contributed by atoms with E-state index in [0.717, 1.165) is 30.8 Å². The minimum absolute atomic E-state index is 0.0260. The SMILES string of the molecule is CCCC(=O)NC1CCn2nc(-c3ccnc(C(F)(F)F)c3)cc21. The molecule has 0 saturated carbocycles. The van der Waals surface area contributed by atoms with Crippen molar-refractivity contribution in [3.05, 3.63) is 35.8 Å². The summed E-state index contributed by atoms with van der Waals surface area (Å²) in [5.74, 6) is -0.0260. The Labute approximate surface area is 136 Å². The molecular formula is C16H17F3N4O. The van der Waals surface area contributed by atoms with Crippen LogP contribution in [0, 0.1) is 0 Å². The van der Waals surface area contributed by atoms with Gasteiger partial charge in [0.1, 0.15) is 5.69 Å². The summed E-state index contributed by atoms with van der Waals surface area (Å²) in [5, 5.41) is 7.30. The summed E-state index contributed by atoms with van der Waals surface area (Å²) < 4.78 is 40.1. The van der Waals surface area contributed by atoms with Crippen molar-refractivity contribution < 1.29 is 18.0 Å². The van der Waals surface area contributed by atoms with Crippen molar-refractivity contribution in [2.75, 3.05) is 0 Å². The van der Waals surface area contributed by atoms with Crippen LogP contribution < -0.4 is 5.32 Å². The summed E-state index contributed by atoms with van der Waals surface area (Å²) in [6.07, 6.45) is -1.41. The fourth-order valence-corrected chi connectivity index (χ4v) is 2.82. The molecule has 3 rings (SSSR count). The Balaban J connectivity index is 1.85. The van der Waals surface area contributed by atoms with Crippen LogP contribution in [0.25, 0.3) is 11.3 Å². The summed E-state index contributed by atoms with van der Waals surface area (Å²) in [4.78, 5) is 15.1. The minimum atomic E-state index is -4.49. The van der Waals surface area contributed by atoms with E-state index in [1.807, 2.05) is 6.92 Å². The average Bonchev–Trinajstić information content (AvgIpc) is 3.09. The number of nitrogens with one attached hydrogen (secondary N) is 1. The second kappa shape index (κ2) is 6.26. The molecule has 2 aromatic rings. The summed E-state index contributed by atoms with van der Waals surface area (Å²) >= 11 is 0. The van der Waals surface area contributed by atoms with Crippen LogP contribution in [0.2, 0.25) is 0 Å². The average molecular weight is 338 g/mol. The maximum atomic E-state index is 12.8. The van der Waals surface area contributed by atoms with Crippen LogP contribution in [0.4, 0.5) is 13.2 Å². The van der Waals surface area contributed by atoms with Crippen molar-refractivity contribution in [3.8, 4) is 11.3 Å². The van der Waals surface area contributed by atoms with Gasteiger partial charge >= 0.3 is 6.18 Å². The van der Waals surface area contributed by atoms with E-state index in [4.69, 9.17) is 0 Å². The monoisotopic (exact) mass is 338 g/mol. The maximum absolute atomic E-state index is 12.8. The number of fused-ring (bicyclic) bond motifs is 1. The van der Waals surface area contributed by atoms with Gasteiger partial charge in [-0.2, -0.15) is 18.3 Å². The first-order chi connectivity index (χ1) is 11.4. The highest BCUT2D eigenvalue weighted by atomic mass is 19.4. The molecule has 5 nitrogen and oxygen atoms in total. The van der Waals surface area contributed by atoms with Gasteiger partial charge in [-0.25, -0.2) is 0 Å². The van der Waals surface area contributed by atoms with Gasteiger partial charge in [0.2, 0.25) is 5.91 Å². The van der Waals surface area contributed by atoms with Crippen molar-refractivity contribution in [1.29, 1.82) is 0 Å². The predicted octanol–water partition coefficient (Wildman–Crippen LogP) is 3.33. The summed E-state index contributed by atoms with van der Waals surface area (Å²) in [6.45, 7) is 2.56. The second-order valence-electron chi connectivity index (χ2n) is 5.76. The van der Waals surface area contributed by atoms with Crippen molar-refractivity contribution in [1.82, 2.24) is 20.1 Å². The highest BCUT2D eigenvalue weighted by Crippen LogP contribution is 2.33. The molecule has 0 saturated heterocycles. The number of pyridine rings is 1. The van der Waals surface area contributed by atoms with E-state index in [2.05, 4.69) is 15.4 Å². The van der Waals surface area contributed by atoms with E-state index in [1.165, 1.54) is 6.07 Å². The first-order valence-corrected chi connectivity index (χ1v) is 7.79. The molecule has 2 aromatic heterocycles. The molecule has 1 aliphatic heterocycles. The number of halogens is 3. The molecular weight excluding hydrogens is 321 g/mol. The van der Waals surface area contributed by atoms with Crippen LogP contribution in [0.3, 0.4) is 0 Å². The molecule has 128 valence electrons. The number of alkyl halides is 3. The Morgan fingerprint density at radius 1 is 1.42 bits per heavy atom. The van der Waals surface area contributed by atoms with Gasteiger partial charge < -0.3 is 5.32 Å². The Kier molecular flexibility index (Phi) is 4.29. The topological polar surface area (TPSA) is 59.8 Å². The molecule has 0 spiro atoms. The lowest BCUT2D eigenvalue weighted by Crippen LogP contribution is -2.26. The van der Waals surface area contributed by atoms with E-state index >= 15 is 0 Å². The molecule has 0 radical (unpaired) electrons. The molecule has 1 atom stereocenters. The number of carbonyl (C=O) groups excluding carboxylic acids is 1. The van der Waals surface area contributed by atoms with Crippen LogP contribution in [0.15, 0.2) is 24.4 Å². The zero-order chi connectivity index (χ0) is 17.3. The van der Waals surface area contributed by atoms with Gasteiger partial charge in [0.05, 0.1) is 17.4 Å². The van der Waals surface area contributed by atoms with Crippen LogP contribution in [0.5, 0.6) is 0 Å². The van der Waals surface area contributed by atoms with Crippen LogP contribution in [-0.4, -0.2) is 20.7 Å². The number of rotatable bonds is 4. The lowest BCUT2D eigenvalue weighted by Gasteiger charge is -2.11. The van der Waals surface area contributed by atoms with Crippen LogP contribution in [0.1, 0.15) is 43.6 Å². The fourth-order valence-electron chi connectivity index (χ4n) is 2.82. The molecule has 0 aliphatic carbocycles. The third-order valence-electron chi connectivity index (χ3n) is 3.96. The van der Waals surface area contributed by atoms with E-state index < -0.39 is 11.9 Å². The number of hydrogen-bond donors (Lipinski definition) is 1. The molecule has 8 heteroatoms. The van der Waals surface area contributed by atoms with E-state index in [9.17, 15) is 18.0 Å². The Morgan fingerprint density at radius 3 is 2.92 bits per heavy atom. The van der Waals surface area contributed by atoms with Gasteiger partial charge in [-0.1, -0.05) is 6.92 Å². The molecule has 0 bridgehead atoms. The van der Waals surface area contributed by atoms with Gasteiger partial charge in [0.15, 0.2) is 0 Å². The first kappa shape index (κ1) is 16.5. The standard InChI is InChI=1S/C16H17F3N4O/c1-2-3-15(24)21-11-5-7-23-13(11)9-12(22-23)10-4-6-20-14(8-10)16(17,18)19/h4,6,8-9,11H,2-3,5,7H2,1H3,(H,21,24). The number of carbonyl (C=O) groups is 1. The largest absolute Gasteiger partial charge is 0.433 e. The molecule has 0 fully saturated rings. The van der Waals surface area contributed by atoms with E-state index in [-0.39, 0.29) is 11.9 Å². The Morgan fingerprint density at radius 2 is 2.21 bits per heavy atom. The lowest BCUT2D eigenvalue weighted by atomic mass is 10.1. The Hall–Kier alpha value is -2.38. The highest BCUT2D eigenvalue weighted by molar-refractivity contribution is 5.76. The van der Waals surface area contributed by atoms with Gasteiger partial charge in [-0.15, -0.1) is 0 Å². The predicted molar refractivity (Wildman–Crippen MR) is 80.9 cm³/mol. The molecule has 0 aromatic carbocycles. The molecule has 1 amide bonds. The second-order valence-corrected chi connectivity index (χ2v) is 5.76. The zero-order valence-corrected chi connectivity index (χ0v) is 13.1. The van der Waals surface area contributed by atoms with Gasteiger partial charge in [-0.3, -0.25) is 14.5 Å². The molecule has 3 heterocycles. The van der Waals surface area contributed by atoms with Gasteiger partial charge in [0, 0.05) is 24.7 Å². The summed E-state index contributed by atoms with van der Waals surface area (Å²) in [7, 11) is 0. The summed E-state index contributed by atoms with van der Waals surface area (Å²) in [5.41, 5.74) is 0.686. The summed E-state index contributed by atoms with van der Waals surface area (Å²) in [6, 6.07) is 4.08. The zero-order valence-electron chi connectivity index (χ0n) is 13.1. The number of amides is 1. The van der Waals surface area contributed by atoms with Crippen molar-refractivity contribution in [3.63, 3.8) is 0 Å². The number of aromatic nitrogens is 3. The van der Waals surface area contributed by atoms with Crippen LogP contribution in [-0.2, 0) is 17.5 Å². The first-order valence-electron chi connectivity index (χ1n) is 7.79. The van der Waals surface area contributed by atoms with Crippen molar-refractivity contribution >= 4 is 5.91 Å². The van der Waals surface area contributed by atoms with Gasteiger partial charge in [-0.05, 0) is 31.0 Å². The number of aryl methyl sites for hydroxylation is 1. The fraction of sp³-hybridized carbons (Fsp3) is 0.438. The molecule has 1 aliphatic rings. The third-order valence-corrected chi connectivity index (χ3v) is 3.96. The molecule has 24 heavy (non-hydrogen) atoms. The van der Waals surface area contributed by atoms with E-state index in [1.54, 1.807) is 10.7 Å². The Bertz CT molecular complexity index is 754. The quantitative estimate of drug-likeness (QED) is 0.930. The van der Waals surface area contributed by atoms with Crippen LogP contribution >= 0.6 is 0 Å². The highest BCUT2D eigenvalue weighted by Gasteiger charge is 2.33. The smallest absolute Gasteiger partial charge is 0.348 e.